The molecule has 0 aliphatic rings. The van der Waals surface area contributed by atoms with Crippen LogP contribution in [0.15, 0.2) is 40.0 Å². The van der Waals surface area contributed by atoms with E-state index in [1.54, 1.807) is 12.1 Å². The first-order chi connectivity index (χ1) is 9.22. The molecule has 2 rings (SSSR count). The molecular weight excluding hydrogens is 268 g/mol. The topological polar surface area (TPSA) is 79.3 Å². The maximum absolute atomic E-state index is 11.6. The van der Waals surface area contributed by atoms with Gasteiger partial charge in [-0.3, -0.25) is 9.42 Å². The number of nitrogens with zero attached hydrogens (tertiary/aromatic N) is 2. The van der Waals surface area contributed by atoms with Gasteiger partial charge in [0.15, 0.2) is 0 Å². The molecule has 0 radical (unpaired) electrons. The predicted molar refractivity (Wildman–Crippen MR) is 68.3 cm³/mol. The van der Waals surface area contributed by atoms with Crippen LogP contribution in [-0.2, 0) is 9.53 Å². The van der Waals surface area contributed by atoms with E-state index in [9.17, 15) is 10.0 Å². The minimum atomic E-state index is -0.299. The summed E-state index contributed by atoms with van der Waals surface area (Å²) >= 11 is 1.28. The largest absolute Gasteiger partial charge is 0.469 e. The van der Waals surface area contributed by atoms with E-state index in [2.05, 4.69) is 14.5 Å². The third kappa shape index (κ3) is 3.25. The number of thioether (sulfide) groups is 1. The zero-order valence-corrected chi connectivity index (χ0v) is 11.1. The second-order valence-corrected chi connectivity index (χ2v) is 4.71. The average Bonchev–Trinajstić information content (AvgIpc) is 2.80. The fourth-order valence-corrected chi connectivity index (χ4v) is 2.37. The number of carbonyl (C=O) groups excluding carboxylic acids is 1. The smallest absolute Gasteiger partial charge is 0.306 e. The average molecular weight is 280 g/mol. The van der Waals surface area contributed by atoms with Crippen LogP contribution in [-0.4, -0.2) is 24.0 Å². The summed E-state index contributed by atoms with van der Waals surface area (Å²) in [6.07, 6.45) is 0.251. The van der Waals surface area contributed by atoms with E-state index < -0.39 is 0 Å². The van der Waals surface area contributed by atoms with E-state index in [-0.39, 0.29) is 12.4 Å². The van der Waals surface area contributed by atoms with Crippen molar-refractivity contribution in [2.75, 3.05) is 12.9 Å². The summed E-state index contributed by atoms with van der Waals surface area (Å²) in [6, 6.07) is 9.10. The van der Waals surface area contributed by atoms with Gasteiger partial charge in [0.25, 0.3) is 5.03 Å². The Hall–Kier alpha value is -2.02. The summed E-state index contributed by atoms with van der Waals surface area (Å²) in [6.45, 7) is 0. The van der Waals surface area contributed by atoms with Gasteiger partial charge in [0.05, 0.1) is 18.7 Å². The molecule has 1 aromatic carbocycles. The van der Waals surface area contributed by atoms with Crippen LogP contribution in [0.1, 0.15) is 6.42 Å². The van der Waals surface area contributed by atoms with Crippen LogP contribution in [0, 0.1) is 5.21 Å². The van der Waals surface area contributed by atoms with E-state index in [1.807, 2.05) is 18.2 Å². The molecule has 0 fully saturated rings. The number of methoxy groups -OCH3 is 1. The highest BCUT2D eigenvalue weighted by Crippen LogP contribution is 2.27. The molecule has 0 unspecified atom stereocenters. The minimum absolute atomic E-state index is 0.251. The highest BCUT2D eigenvalue weighted by molar-refractivity contribution is 7.99. The summed E-state index contributed by atoms with van der Waals surface area (Å²) in [4.78, 5) is 11.4. The third-order valence-electron chi connectivity index (χ3n) is 2.40. The zero-order valence-electron chi connectivity index (χ0n) is 10.2. The van der Waals surface area contributed by atoms with Gasteiger partial charge in [-0.15, -0.1) is 0 Å². The Morgan fingerprint density at radius 1 is 1.47 bits per heavy atom. The van der Waals surface area contributed by atoms with Crippen molar-refractivity contribution in [2.45, 2.75) is 11.4 Å². The number of aromatic nitrogens is 2. The molecule has 19 heavy (non-hydrogen) atoms. The van der Waals surface area contributed by atoms with Crippen molar-refractivity contribution in [1.82, 2.24) is 5.16 Å². The Morgan fingerprint density at radius 3 is 2.89 bits per heavy atom. The van der Waals surface area contributed by atoms with Gasteiger partial charge in [0.2, 0.25) is 5.69 Å². The summed E-state index contributed by atoms with van der Waals surface area (Å²) in [5.41, 5.74) is 1.08. The molecule has 100 valence electrons. The van der Waals surface area contributed by atoms with Crippen molar-refractivity contribution in [3.63, 3.8) is 0 Å². The Kier molecular flexibility index (Phi) is 4.40. The van der Waals surface area contributed by atoms with Crippen LogP contribution in [0.3, 0.4) is 0 Å². The molecular formula is C12H12N2O4S. The molecule has 0 saturated heterocycles. The summed E-state index contributed by atoms with van der Waals surface area (Å²) in [5.74, 6) is 0.172. The van der Waals surface area contributed by atoms with Crippen LogP contribution in [0.2, 0.25) is 0 Å². The van der Waals surface area contributed by atoms with Crippen LogP contribution in [0.5, 0.6) is 0 Å². The first-order valence-electron chi connectivity index (χ1n) is 5.57. The van der Waals surface area contributed by atoms with E-state index in [0.717, 1.165) is 5.56 Å². The van der Waals surface area contributed by atoms with Gasteiger partial charge < -0.3 is 9.94 Å². The number of hydrogen-bond donors (Lipinski definition) is 0. The highest BCUT2D eigenvalue weighted by Gasteiger charge is 2.21. The van der Waals surface area contributed by atoms with Gasteiger partial charge >= 0.3 is 5.97 Å². The molecule has 0 saturated carbocycles. The molecule has 2 aromatic rings. The van der Waals surface area contributed by atoms with Crippen molar-refractivity contribution < 1.29 is 19.1 Å². The molecule has 7 heteroatoms. The van der Waals surface area contributed by atoms with Gasteiger partial charge in [-0.05, 0) is 4.90 Å². The molecule has 6 nitrogen and oxygen atoms in total. The maximum atomic E-state index is 11.6. The quantitative estimate of drug-likeness (QED) is 0.470. The van der Waals surface area contributed by atoms with Crippen molar-refractivity contribution in [3.05, 3.63) is 35.5 Å². The monoisotopic (exact) mass is 280 g/mol. The number of carbonyl (C=O) groups is 1. The van der Waals surface area contributed by atoms with Crippen LogP contribution >= 0.6 is 11.8 Å². The fourth-order valence-electron chi connectivity index (χ4n) is 1.49. The normalized spacial score (nSPS) is 10.4. The van der Waals surface area contributed by atoms with E-state index >= 15 is 0 Å². The third-order valence-corrected chi connectivity index (χ3v) is 3.35. The van der Waals surface area contributed by atoms with Crippen molar-refractivity contribution in [3.8, 4) is 11.3 Å². The molecule has 0 aliphatic carbocycles. The maximum Gasteiger partial charge on any atom is 0.306 e. The Labute approximate surface area is 113 Å². The summed E-state index contributed by atoms with van der Waals surface area (Å²) in [5, 5.41) is 15.7. The Bertz CT molecular complexity index is 556. The molecule has 0 N–H and O–H groups in total. The Balaban J connectivity index is 2.12. The zero-order chi connectivity index (χ0) is 13.7. The molecule has 0 spiro atoms. The van der Waals surface area contributed by atoms with Gasteiger partial charge in [0, 0.05) is 11.3 Å². The molecule has 0 amide bonds. The first kappa shape index (κ1) is 13.4. The van der Waals surface area contributed by atoms with E-state index in [1.165, 1.54) is 18.9 Å². The van der Waals surface area contributed by atoms with Gasteiger partial charge in [-0.1, -0.05) is 42.1 Å². The van der Waals surface area contributed by atoms with E-state index in [0.29, 0.717) is 21.4 Å². The summed E-state index contributed by atoms with van der Waals surface area (Å²) in [7, 11) is 1.34. The van der Waals surface area contributed by atoms with Crippen molar-refractivity contribution in [2.24, 2.45) is 0 Å². The second-order valence-electron chi connectivity index (χ2n) is 3.62. The van der Waals surface area contributed by atoms with Gasteiger partial charge in [0.1, 0.15) is 0 Å². The fraction of sp³-hybridized carbons (Fsp3) is 0.250. The molecule has 0 bridgehead atoms. The number of benzene rings is 1. The molecule has 0 aliphatic heterocycles. The van der Waals surface area contributed by atoms with E-state index in [4.69, 9.17) is 0 Å². The number of esters is 1. The SMILES string of the molecule is COC(=O)CCSc1no[n+]([O-])c1-c1ccccc1. The Morgan fingerprint density at radius 2 is 2.21 bits per heavy atom. The molecule has 1 aromatic heterocycles. The van der Waals surface area contributed by atoms with Crippen LogP contribution in [0.25, 0.3) is 11.3 Å². The highest BCUT2D eigenvalue weighted by atomic mass is 32.2. The lowest BCUT2D eigenvalue weighted by Crippen LogP contribution is -2.25. The number of ether oxygens (including phenoxy) is 1. The number of hydrogen-bond acceptors (Lipinski definition) is 6. The standard InChI is InChI=1S/C12H12N2O4S/c1-17-10(15)7-8-19-12-11(14(16)18-13-12)9-5-3-2-4-6-9/h2-6H,7-8H2,1H3. The molecule has 1 heterocycles. The number of rotatable bonds is 5. The second kappa shape index (κ2) is 6.24. The van der Waals surface area contributed by atoms with Crippen LogP contribution in [0.4, 0.5) is 0 Å². The van der Waals surface area contributed by atoms with Crippen LogP contribution < -0.4 is 4.90 Å². The summed E-state index contributed by atoms with van der Waals surface area (Å²) < 4.78 is 9.15. The lowest BCUT2D eigenvalue weighted by molar-refractivity contribution is -0.793. The lowest BCUT2D eigenvalue weighted by atomic mass is 10.2. The molecule has 0 atom stereocenters. The van der Waals surface area contributed by atoms with Gasteiger partial charge in [-0.2, -0.15) is 0 Å². The van der Waals surface area contributed by atoms with Crippen molar-refractivity contribution >= 4 is 17.7 Å². The minimum Gasteiger partial charge on any atom is -0.469 e. The lowest BCUT2D eigenvalue weighted by Gasteiger charge is -1.98. The first-order valence-corrected chi connectivity index (χ1v) is 6.55. The van der Waals surface area contributed by atoms with Gasteiger partial charge in [-0.25, -0.2) is 0 Å². The predicted octanol–water partition coefficient (Wildman–Crippen LogP) is 1.63. The van der Waals surface area contributed by atoms with Crippen molar-refractivity contribution in [1.29, 1.82) is 0 Å².